The first-order chi connectivity index (χ1) is 15.0. The Kier molecular flexibility index (Phi) is 6.04. The molecule has 1 unspecified atom stereocenters. The molecule has 1 aromatic carbocycles. The first kappa shape index (κ1) is 21.4. The highest BCUT2D eigenvalue weighted by molar-refractivity contribution is 5.84. The molecule has 0 spiro atoms. The van der Waals surface area contributed by atoms with Gasteiger partial charge >= 0.3 is 0 Å². The maximum absolute atomic E-state index is 4.94. The number of likely N-dealkylation sites (tertiary alicyclic amines) is 1. The van der Waals surface area contributed by atoms with Gasteiger partial charge in [-0.25, -0.2) is 4.98 Å². The van der Waals surface area contributed by atoms with Crippen LogP contribution in [0.4, 0.5) is 0 Å². The summed E-state index contributed by atoms with van der Waals surface area (Å²) in [6, 6.07) is 8.89. The number of hydrogen-bond acceptors (Lipinski definition) is 2. The van der Waals surface area contributed by atoms with Crippen molar-refractivity contribution in [1.29, 1.82) is 0 Å². The van der Waals surface area contributed by atoms with Gasteiger partial charge in [-0.1, -0.05) is 61.6 Å². The molecule has 31 heavy (non-hydrogen) atoms. The van der Waals surface area contributed by atoms with E-state index in [1.165, 1.54) is 39.4 Å². The summed E-state index contributed by atoms with van der Waals surface area (Å²) in [7, 11) is 0. The van der Waals surface area contributed by atoms with Crippen LogP contribution in [0, 0.1) is 12.3 Å². The van der Waals surface area contributed by atoms with Crippen molar-refractivity contribution in [2.24, 2.45) is 5.41 Å². The number of imidazole rings is 1. The van der Waals surface area contributed by atoms with Gasteiger partial charge in [0.25, 0.3) is 0 Å². The number of aromatic amines is 1. The predicted molar refractivity (Wildman–Crippen MR) is 131 cm³/mol. The van der Waals surface area contributed by atoms with Gasteiger partial charge in [0.05, 0.1) is 5.69 Å². The number of H-pyrrole nitrogens is 1. The van der Waals surface area contributed by atoms with Crippen molar-refractivity contribution < 1.29 is 0 Å². The molecule has 1 aliphatic carbocycles. The summed E-state index contributed by atoms with van der Waals surface area (Å²) >= 11 is 0. The molecule has 1 N–H and O–H groups in total. The maximum Gasteiger partial charge on any atom is 0.103 e. The van der Waals surface area contributed by atoms with E-state index in [0.717, 1.165) is 51.0 Å². The molecular weight excluding hydrogens is 378 g/mol. The van der Waals surface area contributed by atoms with E-state index in [1.807, 2.05) is 6.08 Å². The summed E-state index contributed by atoms with van der Waals surface area (Å²) in [6.07, 6.45) is 11.5. The van der Waals surface area contributed by atoms with Crippen LogP contribution in [0.3, 0.4) is 0 Å². The fraction of sp³-hybridized carbons (Fsp3) is 0.393. The van der Waals surface area contributed by atoms with Gasteiger partial charge < -0.3 is 9.88 Å². The molecular formula is C28H35N3. The number of benzene rings is 1. The molecule has 0 amide bonds. The standard InChI is InChI=1S/C28H35N3/c1-6-16-28(5,17-7-2)20(3)31-18-14-23(15-19-31)26-24-11-9-8-10-22(24)12-13-25-27(26)30-21(4)29-25/h6-11,17H,1,3,12-16,18-19H2,2,4-5H3,(H,29,30)/b17-7-. The summed E-state index contributed by atoms with van der Waals surface area (Å²) in [5, 5.41) is 0. The summed E-state index contributed by atoms with van der Waals surface area (Å²) in [5.74, 6) is 1.01. The average Bonchev–Trinajstić information content (AvgIpc) is 3.06. The lowest BCUT2D eigenvalue weighted by Crippen LogP contribution is -2.36. The van der Waals surface area contributed by atoms with Crippen LogP contribution in [0.5, 0.6) is 0 Å². The number of hydrogen-bond donors (Lipinski definition) is 1. The Morgan fingerprint density at radius 1 is 1.19 bits per heavy atom. The molecule has 1 aliphatic heterocycles. The molecule has 2 aliphatic rings. The zero-order valence-corrected chi connectivity index (χ0v) is 19.3. The van der Waals surface area contributed by atoms with Crippen LogP contribution in [-0.4, -0.2) is 28.0 Å². The van der Waals surface area contributed by atoms with E-state index in [4.69, 9.17) is 4.98 Å². The highest BCUT2D eigenvalue weighted by Gasteiger charge is 2.31. The number of piperidine rings is 1. The van der Waals surface area contributed by atoms with Gasteiger partial charge in [0.2, 0.25) is 0 Å². The quantitative estimate of drug-likeness (QED) is 0.576. The number of rotatable bonds is 5. The van der Waals surface area contributed by atoms with Crippen molar-refractivity contribution in [1.82, 2.24) is 14.9 Å². The summed E-state index contributed by atoms with van der Waals surface area (Å²) in [6.45, 7) is 16.9. The number of nitrogens with one attached hydrogen (secondary N) is 1. The highest BCUT2D eigenvalue weighted by Crippen LogP contribution is 2.40. The van der Waals surface area contributed by atoms with Crippen molar-refractivity contribution in [3.05, 3.63) is 95.3 Å². The van der Waals surface area contributed by atoms with Gasteiger partial charge in [0, 0.05) is 35.5 Å². The minimum absolute atomic E-state index is 0.0669. The lowest BCUT2D eigenvalue weighted by molar-refractivity contribution is 0.261. The Balaban J connectivity index is 1.67. The molecule has 1 atom stereocenters. The fourth-order valence-electron chi connectivity index (χ4n) is 5.26. The van der Waals surface area contributed by atoms with Gasteiger partial charge in [-0.05, 0) is 57.1 Å². The van der Waals surface area contributed by atoms with Crippen LogP contribution in [0.1, 0.15) is 61.4 Å². The predicted octanol–water partition coefficient (Wildman–Crippen LogP) is 6.39. The maximum atomic E-state index is 4.94. The van der Waals surface area contributed by atoms with E-state index in [0.29, 0.717) is 0 Å². The molecule has 1 saturated heterocycles. The van der Waals surface area contributed by atoms with Gasteiger partial charge in [-0.3, -0.25) is 0 Å². The van der Waals surface area contributed by atoms with Gasteiger partial charge in [-0.15, -0.1) is 6.58 Å². The number of nitrogens with zero attached hydrogens (tertiary/aromatic N) is 2. The third-order valence-corrected chi connectivity index (χ3v) is 6.93. The zero-order valence-electron chi connectivity index (χ0n) is 19.3. The zero-order chi connectivity index (χ0) is 22.0. The Morgan fingerprint density at radius 2 is 1.94 bits per heavy atom. The number of aryl methyl sites for hydroxylation is 3. The van der Waals surface area contributed by atoms with E-state index in [-0.39, 0.29) is 5.41 Å². The number of allylic oxidation sites excluding steroid dienone is 3. The molecule has 0 radical (unpaired) electrons. The summed E-state index contributed by atoms with van der Waals surface area (Å²) < 4.78 is 0. The van der Waals surface area contributed by atoms with E-state index >= 15 is 0 Å². The first-order valence-electron chi connectivity index (χ1n) is 11.5. The molecule has 3 heteroatoms. The smallest absolute Gasteiger partial charge is 0.103 e. The first-order valence-corrected chi connectivity index (χ1v) is 11.5. The Bertz CT molecular complexity index is 1040. The van der Waals surface area contributed by atoms with Crippen LogP contribution in [0.15, 0.2) is 66.9 Å². The molecule has 4 rings (SSSR count). The van der Waals surface area contributed by atoms with Crippen LogP contribution in [-0.2, 0) is 12.8 Å². The monoisotopic (exact) mass is 413 g/mol. The fourth-order valence-corrected chi connectivity index (χ4v) is 5.26. The topological polar surface area (TPSA) is 31.9 Å². The second-order valence-corrected chi connectivity index (χ2v) is 9.13. The lowest BCUT2D eigenvalue weighted by Gasteiger charge is -2.40. The van der Waals surface area contributed by atoms with Crippen molar-refractivity contribution >= 4 is 5.57 Å². The van der Waals surface area contributed by atoms with Gasteiger partial charge in [0.1, 0.15) is 5.82 Å². The molecule has 1 aromatic heterocycles. The lowest BCUT2D eigenvalue weighted by atomic mass is 9.81. The Morgan fingerprint density at radius 3 is 2.65 bits per heavy atom. The summed E-state index contributed by atoms with van der Waals surface area (Å²) in [4.78, 5) is 11.0. The second kappa shape index (κ2) is 8.74. The van der Waals surface area contributed by atoms with Crippen LogP contribution >= 0.6 is 0 Å². The minimum atomic E-state index is -0.0669. The van der Waals surface area contributed by atoms with E-state index < -0.39 is 0 Å². The van der Waals surface area contributed by atoms with Crippen LogP contribution in [0.25, 0.3) is 5.57 Å². The molecule has 3 nitrogen and oxygen atoms in total. The van der Waals surface area contributed by atoms with E-state index in [1.54, 1.807) is 0 Å². The third-order valence-electron chi connectivity index (χ3n) is 6.93. The largest absolute Gasteiger partial charge is 0.374 e. The Hall–Kier alpha value is -2.81. The van der Waals surface area contributed by atoms with Gasteiger partial charge in [-0.2, -0.15) is 0 Å². The molecule has 162 valence electrons. The third kappa shape index (κ3) is 4.06. The molecule has 0 bridgehead atoms. The normalized spacial score (nSPS) is 18.4. The molecule has 2 heterocycles. The van der Waals surface area contributed by atoms with Crippen molar-refractivity contribution in [2.45, 2.75) is 52.9 Å². The van der Waals surface area contributed by atoms with Crippen molar-refractivity contribution in [2.75, 3.05) is 13.1 Å². The second-order valence-electron chi connectivity index (χ2n) is 9.13. The van der Waals surface area contributed by atoms with Gasteiger partial charge in [0.15, 0.2) is 0 Å². The van der Waals surface area contributed by atoms with Crippen LogP contribution < -0.4 is 0 Å². The molecule has 0 saturated carbocycles. The molecule has 2 aromatic rings. The van der Waals surface area contributed by atoms with E-state index in [2.05, 4.69) is 80.2 Å². The molecule has 1 fully saturated rings. The summed E-state index contributed by atoms with van der Waals surface area (Å²) in [5.41, 5.74) is 9.32. The van der Waals surface area contributed by atoms with Crippen molar-refractivity contribution in [3.63, 3.8) is 0 Å². The number of fused-ring (bicyclic) bond motifs is 2. The Labute approximate surface area is 187 Å². The van der Waals surface area contributed by atoms with Crippen molar-refractivity contribution in [3.8, 4) is 0 Å². The SMILES string of the molecule is C=CCC(C)(/C=C\C)C(=C)N1CCC(=C2c3ccccc3CCc3[nH]c(C)nc32)CC1. The van der Waals surface area contributed by atoms with E-state index in [9.17, 15) is 0 Å². The minimum Gasteiger partial charge on any atom is -0.374 e. The number of aromatic nitrogens is 2. The van der Waals surface area contributed by atoms with Crippen LogP contribution in [0.2, 0.25) is 0 Å². The highest BCUT2D eigenvalue weighted by atomic mass is 15.1. The average molecular weight is 414 g/mol.